The number of hydrogen-bond acceptors (Lipinski definition) is 5. The number of thioether (sulfide) groups is 1. The highest BCUT2D eigenvalue weighted by atomic mass is 32.2. The molecule has 18 heavy (non-hydrogen) atoms. The number of ether oxygens (including phenoxy) is 1. The fourth-order valence-electron chi connectivity index (χ4n) is 1.27. The molecule has 1 unspecified atom stereocenters. The minimum atomic E-state index is -0.628. The fraction of sp³-hybridized carbons (Fsp3) is 0.500. The van der Waals surface area contributed by atoms with Crippen LogP contribution in [0.1, 0.15) is 13.8 Å². The van der Waals surface area contributed by atoms with Crippen molar-refractivity contribution < 1.29 is 14.8 Å². The molecular weight excluding hydrogens is 254 g/mol. The van der Waals surface area contributed by atoms with Gasteiger partial charge in [0.1, 0.15) is 0 Å². The van der Waals surface area contributed by atoms with E-state index in [-0.39, 0.29) is 18.4 Å². The summed E-state index contributed by atoms with van der Waals surface area (Å²) in [5.74, 6) is 0.373. The van der Waals surface area contributed by atoms with Gasteiger partial charge in [-0.05, 0) is 19.9 Å². The maximum absolute atomic E-state index is 10.8. The quantitative estimate of drug-likeness (QED) is 0.468. The molecule has 0 aliphatic heterocycles. The largest absolute Gasteiger partial charge is 0.390 e. The summed E-state index contributed by atoms with van der Waals surface area (Å²) in [5.41, 5.74) is 0.0690. The molecule has 0 fully saturated rings. The van der Waals surface area contributed by atoms with Crippen molar-refractivity contribution in [3.8, 4) is 0 Å². The van der Waals surface area contributed by atoms with E-state index in [1.54, 1.807) is 18.2 Å². The smallest absolute Gasteiger partial charge is 0.282 e. The molecule has 1 atom stereocenters. The predicted molar refractivity (Wildman–Crippen MR) is 70.9 cm³/mol. The lowest BCUT2D eigenvalue weighted by molar-refractivity contribution is -0.387. The molecule has 1 N–H and O–H groups in total. The molecule has 100 valence electrons. The molecule has 0 saturated carbocycles. The number of nitro groups is 1. The Morgan fingerprint density at radius 3 is 2.72 bits per heavy atom. The zero-order valence-corrected chi connectivity index (χ0v) is 11.2. The minimum absolute atomic E-state index is 0.0655. The zero-order chi connectivity index (χ0) is 13.5. The summed E-state index contributed by atoms with van der Waals surface area (Å²) in [5, 5.41) is 20.5. The van der Waals surface area contributed by atoms with Crippen molar-refractivity contribution in [1.82, 2.24) is 0 Å². The first-order valence-electron chi connectivity index (χ1n) is 5.66. The molecule has 0 amide bonds. The van der Waals surface area contributed by atoms with Crippen LogP contribution in [0.25, 0.3) is 0 Å². The molecule has 6 heteroatoms. The molecule has 0 spiro atoms. The maximum atomic E-state index is 10.8. The van der Waals surface area contributed by atoms with Gasteiger partial charge in [0.05, 0.1) is 28.6 Å². The predicted octanol–water partition coefficient (Wildman–Crippen LogP) is 2.47. The minimum Gasteiger partial charge on any atom is -0.390 e. The van der Waals surface area contributed by atoms with Gasteiger partial charge in [-0.3, -0.25) is 10.1 Å². The van der Waals surface area contributed by atoms with Crippen LogP contribution in [0.5, 0.6) is 0 Å². The Bertz CT molecular complexity index is 397. The topological polar surface area (TPSA) is 72.6 Å². The van der Waals surface area contributed by atoms with Crippen molar-refractivity contribution >= 4 is 17.4 Å². The summed E-state index contributed by atoms with van der Waals surface area (Å²) in [7, 11) is 0. The van der Waals surface area contributed by atoms with Gasteiger partial charge in [-0.25, -0.2) is 0 Å². The van der Waals surface area contributed by atoms with E-state index in [1.165, 1.54) is 17.8 Å². The number of rotatable bonds is 7. The molecule has 0 bridgehead atoms. The van der Waals surface area contributed by atoms with Gasteiger partial charge in [-0.15, -0.1) is 11.8 Å². The van der Waals surface area contributed by atoms with Crippen LogP contribution >= 0.6 is 11.8 Å². The van der Waals surface area contributed by atoms with Gasteiger partial charge in [0, 0.05) is 11.8 Å². The maximum Gasteiger partial charge on any atom is 0.282 e. The number of nitro benzene ring substituents is 1. The van der Waals surface area contributed by atoms with Crippen molar-refractivity contribution in [2.24, 2.45) is 0 Å². The monoisotopic (exact) mass is 271 g/mol. The van der Waals surface area contributed by atoms with E-state index in [0.29, 0.717) is 10.6 Å². The van der Waals surface area contributed by atoms with Crippen LogP contribution in [-0.4, -0.2) is 34.6 Å². The molecule has 1 rings (SSSR count). The van der Waals surface area contributed by atoms with Crippen molar-refractivity contribution in [3.05, 3.63) is 34.4 Å². The average Bonchev–Trinajstić information content (AvgIpc) is 2.34. The Balaban J connectivity index is 2.50. The highest BCUT2D eigenvalue weighted by Crippen LogP contribution is 2.28. The average molecular weight is 271 g/mol. The molecule has 0 aliphatic rings. The normalized spacial score (nSPS) is 12.7. The molecular formula is C12H17NO4S. The summed E-state index contributed by atoms with van der Waals surface area (Å²) in [4.78, 5) is 10.9. The van der Waals surface area contributed by atoms with Crippen LogP contribution in [-0.2, 0) is 4.74 Å². The van der Waals surface area contributed by atoms with Gasteiger partial charge in [0.15, 0.2) is 0 Å². The number of para-hydroxylation sites is 1. The number of hydrogen-bond donors (Lipinski definition) is 1. The number of nitrogens with zero attached hydrogens (tertiary/aromatic N) is 1. The highest BCUT2D eigenvalue weighted by Gasteiger charge is 2.14. The third-order valence-electron chi connectivity index (χ3n) is 2.12. The molecule has 0 aliphatic carbocycles. The molecule has 1 aromatic rings. The van der Waals surface area contributed by atoms with Crippen molar-refractivity contribution in [3.63, 3.8) is 0 Å². The van der Waals surface area contributed by atoms with Crippen molar-refractivity contribution in [2.45, 2.75) is 31.0 Å². The zero-order valence-electron chi connectivity index (χ0n) is 10.4. The summed E-state index contributed by atoms with van der Waals surface area (Å²) in [6.07, 6.45) is -0.562. The first kappa shape index (κ1) is 14.9. The number of aliphatic hydroxyl groups is 1. The lowest BCUT2D eigenvalue weighted by atomic mass is 10.3. The van der Waals surface area contributed by atoms with E-state index >= 15 is 0 Å². The van der Waals surface area contributed by atoms with Gasteiger partial charge in [-0.1, -0.05) is 12.1 Å². The van der Waals surface area contributed by atoms with Gasteiger partial charge >= 0.3 is 0 Å². The van der Waals surface area contributed by atoms with E-state index in [1.807, 2.05) is 13.8 Å². The van der Waals surface area contributed by atoms with Crippen LogP contribution in [0.15, 0.2) is 29.2 Å². The lowest BCUT2D eigenvalue weighted by Gasteiger charge is -2.13. The lowest BCUT2D eigenvalue weighted by Crippen LogP contribution is -2.20. The third kappa shape index (κ3) is 5.03. The Kier molecular flexibility index (Phi) is 6.11. The van der Waals surface area contributed by atoms with Gasteiger partial charge in [0.2, 0.25) is 0 Å². The second-order valence-corrected chi connectivity index (χ2v) is 5.13. The van der Waals surface area contributed by atoms with E-state index < -0.39 is 11.0 Å². The summed E-state index contributed by atoms with van der Waals surface area (Å²) < 4.78 is 5.27. The van der Waals surface area contributed by atoms with Gasteiger partial charge in [0.25, 0.3) is 5.69 Å². The van der Waals surface area contributed by atoms with Crippen molar-refractivity contribution in [2.75, 3.05) is 12.4 Å². The third-order valence-corrected chi connectivity index (χ3v) is 3.32. The summed E-state index contributed by atoms with van der Waals surface area (Å²) in [6.45, 7) is 4.02. The highest BCUT2D eigenvalue weighted by molar-refractivity contribution is 7.99. The Hall–Kier alpha value is -1.11. The Morgan fingerprint density at radius 1 is 1.44 bits per heavy atom. The number of benzene rings is 1. The summed E-state index contributed by atoms with van der Waals surface area (Å²) >= 11 is 1.26. The van der Waals surface area contributed by atoms with Crippen LogP contribution < -0.4 is 0 Å². The van der Waals surface area contributed by atoms with Gasteiger partial charge in [-0.2, -0.15) is 0 Å². The van der Waals surface area contributed by atoms with E-state index in [9.17, 15) is 15.2 Å². The van der Waals surface area contributed by atoms with Gasteiger partial charge < -0.3 is 9.84 Å². The molecule has 0 aromatic heterocycles. The molecule has 5 nitrogen and oxygen atoms in total. The SMILES string of the molecule is CC(C)OCC(O)CSc1ccccc1[N+](=O)[O-]. The van der Waals surface area contributed by atoms with E-state index in [2.05, 4.69) is 0 Å². The first-order chi connectivity index (χ1) is 8.50. The molecule has 0 heterocycles. The standard InChI is InChI=1S/C12H17NO4S/c1-9(2)17-7-10(14)8-18-12-6-4-3-5-11(12)13(15)16/h3-6,9-10,14H,7-8H2,1-2H3. The van der Waals surface area contributed by atoms with E-state index in [0.717, 1.165) is 0 Å². The summed E-state index contributed by atoms with van der Waals surface area (Å²) in [6, 6.07) is 6.50. The molecule has 0 saturated heterocycles. The molecule has 1 aromatic carbocycles. The second kappa shape index (κ2) is 7.35. The van der Waals surface area contributed by atoms with Crippen LogP contribution in [0.4, 0.5) is 5.69 Å². The second-order valence-electron chi connectivity index (χ2n) is 4.07. The van der Waals surface area contributed by atoms with Crippen LogP contribution in [0, 0.1) is 10.1 Å². The van der Waals surface area contributed by atoms with Crippen molar-refractivity contribution in [1.29, 1.82) is 0 Å². The van der Waals surface area contributed by atoms with Crippen LogP contribution in [0.3, 0.4) is 0 Å². The van der Waals surface area contributed by atoms with Crippen LogP contribution in [0.2, 0.25) is 0 Å². The first-order valence-corrected chi connectivity index (χ1v) is 6.65. The number of aliphatic hydroxyl groups excluding tert-OH is 1. The van der Waals surface area contributed by atoms with E-state index in [4.69, 9.17) is 4.74 Å². The Labute approximate surface area is 110 Å². The Morgan fingerprint density at radius 2 is 2.11 bits per heavy atom. The molecule has 0 radical (unpaired) electrons. The fourth-order valence-corrected chi connectivity index (χ4v) is 2.20.